The summed E-state index contributed by atoms with van der Waals surface area (Å²) >= 11 is 1.61. The Labute approximate surface area is 113 Å². The normalized spacial score (nSPS) is 18.6. The number of hydrogen-bond acceptors (Lipinski definition) is 4. The molecular formula is C14H21NO2S. The molecule has 1 aliphatic rings. The zero-order chi connectivity index (χ0) is 13.0. The fourth-order valence-electron chi connectivity index (χ4n) is 2.63. The number of carbonyl (C=O) groups excluding carboxylic acids is 1. The maximum absolute atomic E-state index is 11.7. The molecule has 1 aromatic rings. The van der Waals surface area contributed by atoms with E-state index in [0.717, 1.165) is 11.4 Å². The summed E-state index contributed by atoms with van der Waals surface area (Å²) in [5.41, 5.74) is 1.19. The standard InChI is InChI=1S/C14H21NO2S/c1-3-11(14(16)17-2)13-15-12(9-18-13)10-7-5-4-6-8-10/h9-11H,3-8H2,1-2H3. The van der Waals surface area contributed by atoms with Crippen LogP contribution in [0.5, 0.6) is 0 Å². The smallest absolute Gasteiger partial charge is 0.315 e. The number of aromatic nitrogens is 1. The molecule has 1 atom stereocenters. The quantitative estimate of drug-likeness (QED) is 0.778. The van der Waals surface area contributed by atoms with E-state index in [9.17, 15) is 4.79 Å². The molecule has 0 N–H and O–H groups in total. The topological polar surface area (TPSA) is 39.2 Å². The van der Waals surface area contributed by atoms with Crippen molar-refractivity contribution in [2.24, 2.45) is 0 Å². The number of esters is 1. The minimum atomic E-state index is -0.183. The highest BCUT2D eigenvalue weighted by molar-refractivity contribution is 7.09. The van der Waals surface area contributed by atoms with Crippen molar-refractivity contribution in [3.63, 3.8) is 0 Å². The zero-order valence-electron chi connectivity index (χ0n) is 11.1. The van der Waals surface area contributed by atoms with Gasteiger partial charge in [0.25, 0.3) is 0 Å². The number of hydrogen-bond donors (Lipinski definition) is 0. The third-order valence-electron chi connectivity index (χ3n) is 3.76. The van der Waals surface area contributed by atoms with E-state index in [0.29, 0.717) is 5.92 Å². The second-order valence-electron chi connectivity index (χ2n) is 4.93. The van der Waals surface area contributed by atoms with Gasteiger partial charge in [-0.1, -0.05) is 26.2 Å². The van der Waals surface area contributed by atoms with Gasteiger partial charge in [-0.2, -0.15) is 0 Å². The molecular weight excluding hydrogens is 246 g/mol. The Balaban J connectivity index is 2.10. The zero-order valence-corrected chi connectivity index (χ0v) is 12.0. The highest BCUT2D eigenvalue weighted by Crippen LogP contribution is 2.35. The molecule has 1 saturated carbocycles. The Morgan fingerprint density at radius 2 is 2.22 bits per heavy atom. The van der Waals surface area contributed by atoms with E-state index in [1.807, 2.05) is 6.92 Å². The highest BCUT2D eigenvalue weighted by Gasteiger charge is 2.25. The number of ether oxygens (including phenoxy) is 1. The third-order valence-corrected chi connectivity index (χ3v) is 4.73. The van der Waals surface area contributed by atoms with Gasteiger partial charge in [0.05, 0.1) is 12.8 Å². The van der Waals surface area contributed by atoms with Gasteiger partial charge in [-0.3, -0.25) is 4.79 Å². The van der Waals surface area contributed by atoms with E-state index >= 15 is 0 Å². The lowest BCUT2D eigenvalue weighted by molar-refractivity contribution is -0.142. The van der Waals surface area contributed by atoms with Crippen LogP contribution in [0.4, 0.5) is 0 Å². The summed E-state index contributed by atoms with van der Waals surface area (Å²) in [6, 6.07) is 0. The van der Waals surface area contributed by atoms with Crippen LogP contribution in [0, 0.1) is 0 Å². The van der Waals surface area contributed by atoms with Gasteiger partial charge in [0.2, 0.25) is 0 Å². The van der Waals surface area contributed by atoms with Crippen molar-refractivity contribution < 1.29 is 9.53 Å². The molecule has 0 saturated heterocycles. The Morgan fingerprint density at radius 3 is 2.83 bits per heavy atom. The molecule has 0 aromatic carbocycles. The highest BCUT2D eigenvalue weighted by atomic mass is 32.1. The molecule has 4 heteroatoms. The fourth-order valence-corrected chi connectivity index (χ4v) is 3.70. The Bertz CT molecular complexity index is 396. The number of carbonyl (C=O) groups is 1. The predicted octanol–water partition coefficient (Wildman–Crippen LogP) is 3.86. The van der Waals surface area contributed by atoms with Crippen molar-refractivity contribution in [1.29, 1.82) is 0 Å². The van der Waals surface area contributed by atoms with Crippen LogP contribution in [0.3, 0.4) is 0 Å². The lowest BCUT2D eigenvalue weighted by atomic mass is 9.87. The first-order chi connectivity index (χ1) is 8.76. The van der Waals surface area contributed by atoms with Gasteiger partial charge in [0.15, 0.2) is 0 Å². The van der Waals surface area contributed by atoms with Crippen LogP contribution in [-0.2, 0) is 9.53 Å². The summed E-state index contributed by atoms with van der Waals surface area (Å²) in [5.74, 6) is 0.262. The number of methoxy groups -OCH3 is 1. The third kappa shape index (κ3) is 2.91. The second-order valence-corrected chi connectivity index (χ2v) is 5.82. The molecule has 0 amide bonds. The summed E-state index contributed by atoms with van der Waals surface area (Å²) in [6.45, 7) is 2.00. The van der Waals surface area contributed by atoms with Crippen LogP contribution in [0.25, 0.3) is 0 Å². The van der Waals surface area contributed by atoms with Crippen molar-refractivity contribution in [3.8, 4) is 0 Å². The van der Waals surface area contributed by atoms with E-state index < -0.39 is 0 Å². The Hall–Kier alpha value is -0.900. The molecule has 1 aliphatic carbocycles. The second kappa shape index (κ2) is 6.32. The van der Waals surface area contributed by atoms with Crippen molar-refractivity contribution in [2.45, 2.75) is 57.3 Å². The van der Waals surface area contributed by atoms with Gasteiger partial charge in [-0.15, -0.1) is 11.3 Å². The molecule has 0 spiro atoms. The maximum Gasteiger partial charge on any atom is 0.315 e. The first-order valence-corrected chi connectivity index (χ1v) is 7.67. The molecule has 1 fully saturated rings. The van der Waals surface area contributed by atoms with Crippen LogP contribution < -0.4 is 0 Å². The van der Waals surface area contributed by atoms with Crippen LogP contribution in [0.2, 0.25) is 0 Å². The van der Waals surface area contributed by atoms with Crippen molar-refractivity contribution in [3.05, 3.63) is 16.1 Å². The fraction of sp³-hybridized carbons (Fsp3) is 0.714. The first-order valence-electron chi connectivity index (χ1n) is 6.79. The van der Waals surface area contributed by atoms with Crippen molar-refractivity contribution >= 4 is 17.3 Å². The summed E-state index contributed by atoms with van der Waals surface area (Å²) < 4.78 is 4.84. The average Bonchev–Trinajstić information content (AvgIpc) is 2.90. The Morgan fingerprint density at radius 1 is 1.50 bits per heavy atom. The molecule has 18 heavy (non-hydrogen) atoms. The molecule has 0 radical (unpaired) electrons. The molecule has 0 aliphatic heterocycles. The van der Waals surface area contributed by atoms with Gasteiger partial charge in [0, 0.05) is 11.3 Å². The first kappa shape index (κ1) is 13.5. The summed E-state index contributed by atoms with van der Waals surface area (Å²) in [6.07, 6.45) is 7.23. The largest absolute Gasteiger partial charge is 0.468 e. The van der Waals surface area contributed by atoms with E-state index in [1.165, 1.54) is 44.9 Å². The van der Waals surface area contributed by atoms with Crippen LogP contribution >= 0.6 is 11.3 Å². The van der Waals surface area contributed by atoms with E-state index in [4.69, 9.17) is 9.72 Å². The summed E-state index contributed by atoms with van der Waals surface area (Å²) in [5, 5.41) is 3.06. The number of thiazole rings is 1. The average molecular weight is 267 g/mol. The summed E-state index contributed by atoms with van der Waals surface area (Å²) in [4.78, 5) is 16.4. The number of rotatable bonds is 4. The van der Waals surface area contributed by atoms with Gasteiger partial charge in [0.1, 0.15) is 10.9 Å². The predicted molar refractivity (Wildman–Crippen MR) is 73.0 cm³/mol. The van der Waals surface area contributed by atoms with Crippen LogP contribution in [-0.4, -0.2) is 18.1 Å². The minimum absolute atomic E-state index is 0.165. The van der Waals surface area contributed by atoms with Gasteiger partial charge >= 0.3 is 5.97 Å². The lowest BCUT2D eigenvalue weighted by Crippen LogP contribution is -2.13. The monoisotopic (exact) mass is 267 g/mol. The lowest BCUT2D eigenvalue weighted by Gasteiger charge is -2.19. The molecule has 3 nitrogen and oxygen atoms in total. The molecule has 1 heterocycles. The molecule has 0 bridgehead atoms. The number of nitrogens with zero attached hydrogens (tertiary/aromatic N) is 1. The SMILES string of the molecule is CCC(C(=O)OC)c1nc(C2CCCCC2)cs1. The van der Waals surface area contributed by atoms with E-state index in [1.54, 1.807) is 11.3 Å². The van der Waals surface area contributed by atoms with Crippen molar-refractivity contribution in [2.75, 3.05) is 7.11 Å². The van der Waals surface area contributed by atoms with Gasteiger partial charge in [-0.25, -0.2) is 4.98 Å². The van der Waals surface area contributed by atoms with Crippen molar-refractivity contribution in [1.82, 2.24) is 4.98 Å². The van der Waals surface area contributed by atoms with Gasteiger partial charge in [-0.05, 0) is 19.3 Å². The molecule has 2 rings (SSSR count). The van der Waals surface area contributed by atoms with Crippen LogP contribution in [0.15, 0.2) is 5.38 Å². The van der Waals surface area contributed by atoms with E-state index in [2.05, 4.69) is 5.38 Å². The molecule has 1 aromatic heterocycles. The Kier molecular flexibility index (Phi) is 4.75. The molecule has 100 valence electrons. The van der Waals surface area contributed by atoms with E-state index in [-0.39, 0.29) is 11.9 Å². The maximum atomic E-state index is 11.7. The minimum Gasteiger partial charge on any atom is -0.468 e. The van der Waals surface area contributed by atoms with Crippen LogP contribution in [0.1, 0.15) is 68.0 Å². The van der Waals surface area contributed by atoms with Gasteiger partial charge < -0.3 is 4.74 Å². The summed E-state index contributed by atoms with van der Waals surface area (Å²) in [7, 11) is 1.45. The molecule has 1 unspecified atom stereocenters.